The predicted octanol–water partition coefficient (Wildman–Crippen LogP) is 1.95. The first-order valence-corrected chi connectivity index (χ1v) is 5.60. The van der Waals surface area contributed by atoms with Gasteiger partial charge in [0.1, 0.15) is 5.82 Å². The van der Waals surface area contributed by atoms with E-state index in [2.05, 4.69) is 5.32 Å². The Morgan fingerprint density at radius 1 is 1.53 bits per heavy atom. The van der Waals surface area contributed by atoms with E-state index in [1.807, 2.05) is 13.0 Å². The average molecular weight is 236 g/mol. The molecule has 1 atom stereocenters. The third kappa shape index (κ3) is 4.14. The van der Waals surface area contributed by atoms with Gasteiger partial charge in [0.25, 0.3) is 0 Å². The van der Waals surface area contributed by atoms with Crippen LogP contribution in [-0.4, -0.2) is 17.3 Å². The van der Waals surface area contributed by atoms with Crippen molar-refractivity contribution >= 4 is 0 Å². The van der Waals surface area contributed by atoms with Crippen LogP contribution in [0.4, 0.5) is 4.39 Å². The quantitative estimate of drug-likeness (QED) is 0.821. The Balaban J connectivity index is 2.64. The third-order valence-electron chi connectivity index (χ3n) is 2.77. The number of hydrogen-bond acceptors (Lipinski definition) is 3. The molecule has 0 fully saturated rings. The summed E-state index contributed by atoms with van der Waals surface area (Å²) in [6.45, 7) is 4.41. The molecule has 0 saturated heterocycles. The molecule has 0 aliphatic heterocycles. The minimum atomic E-state index is -0.778. The lowest BCUT2D eigenvalue weighted by molar-refractivity contribution is 0.0555. The predicted molar refractivity (Wildman–Crippen MR) is 63.7 cm³/mol. The van der Waals surface area contributed by atoms with Gasteiger partial charge in [-0.1, -0.05) is 6.92 Å². The van der Waals surface area contributed by atoms with Gasteiger partial charge in [0, 0.05) is 13.1 Å². The van der Waals surface area contributed by atoms with Crippen molar-refractivity contribution in [2.45, 2.75) is 32.4 Å². The number of nitrogens with one attached hydrogen (secondary N) is 1. The smallest absolute Gasteiger partial charge is 0.123 e. The van der Waals surface area contributed by atoms with E-state index in [0.29, 0.717) is 30.6 Å². The maximum absolute atomic E-state index is 13.0. The molecule has 0 heterocycles. The van der Waals surface area contributed by atoms with E-state index >= 15 is 0 Å². The largest absolute Gasteiger partial charge is 0.389 e. The molecule has 0 radical (unpaired) electrons. The van der Waals surface area contributed by atoms with Crippen molar-refractivity contribution in [2.75, 3.05) is 6.54 Å². The van der Waals surface area contributed by atoms with Gasteiger partial charge in [-0.25, -0.2) is 4.39 Å². The lowest BCUT2D eigenvalue weighted by Gasteiger charge is -2.21. The van der Waals surface area contributed by atoms with E-state index in [1.165, 1.54) is 18.2 Å². The fourth-order valence-corrected chi connectivity index (χ4v) is 1.41. The maximum atomic E-state index is 13.0. The minimum absolute atomic E-state index is 0.358. The Bertz CT molecular complexity index is 424. The van der Waals surface area contributed by atoms with E-state index in [9.17, 15) is 9.50 Å². The van der Waals surface area contributed by atoms with E-state index in [-0.39, 0.29) is 5.82 Å². The molecular weight excluding hydrogens is 219 g/mol. The molecule has 1 aromatic rings. The van der Waals surface area contributed by atoms with Crippen LogP contribution in [0, 0.1) is 17.1 Å². The van der Waals surface area contributed by atoms with Crippen LogP contribution in [0.25, 0.3) is 0 Å². The topological polar surface area (TPSA) is 56.0 Å². The van der Waals surface area contributed by atoms with Crippen molar-refractivity contribution in [3.05, 3.63) is 35.1 Å². The fourth-order valence-electron chi connectivity index (χ4n) is 1.41. The lowest BCUT2D eigenvalue weighted by atomic mass is 10.0. The molecule has 2 N–H and O–H groups in total. The summed E-state index contributed by atoms with van der Waals surface area (Å²) < 4.78 is 13.0. The van der Waals surface area contributed by atoms with E-state index < -0.39 is 5.60 Å². The molecule has 0 amide bonds. The normalized spacial score (nSPS) is 14.1. The zero-order valence-corrected chi connectivity index (χ0v) is 10.1. The van der Waals surface area contributed by atoms with Crippen LogP contribution in [-0.2, 0) is 6.54 Å². The fraction of sp³-hybridized carbons (Fsp3) is 0.462. The SMILES string of the molecule is CCC(C)(O)CNCc1cc(F)ccc1C#N. The van der Waals surface area contributed by atoms with Crippen LogP contribution in [0.15, 0.2) is 18.2 Å². The molecule has 17 heavy (non-hydrogen) atoms. The van der Waals surface area contributed by atoms with Crippen LogP contribution >= 0.6 is 0 Å². The summed E-state index contributed by atoms with van der Waals surface area (Å²) in [5, 5.41) is 21.7. The molecule has 0 bridgehead atoms. The van der Waals surface area contributed by atoms with E-state index in [4.69, 9.17) is 5.26 Å². The monoisotopic (exact) mass is 236 g/mol. The van der Waals surface area contributed by atoms with Gasteiger partial charge in [0.05, 0.1) is 17.2 Å². The highest BCUT2D eigenvalue weighted by atomic mass is 19.1. The average Bonchev–Trinajstić information content (AvgIpc) is 2.29. The highest BCUT2D eigenvalue weighted by molar-refractivity contribution is 5.37. The summed E-state index contributed by atoms with van der Waals surface area (Å²) >= 11 is 0. The van der Waals surface area contributed by atoms with E-state index in [0.717, 1.165) is 0 Å². The molecule has 1 aromatic carbocycles. The molecule has 0 saturated carbocycles. The number of nitriles is 1. The van der Waals surface area contributed by atoms with Gasteiger partial charge in [-0.15, -0.1) is 0 Å². The van der Waals surface area contributed by atoms with E-state index in [1.54, 1.807) is 6.92 Å². The zero-order valence-electron chi connectivity index (χ0n) is 10.1. The Kier molecular flexibility index (Phi) is 4.62. The number of rotatable bonds is 5. The first-order chi connectivity index (χ1) is 7.98. The molecule has 0 aliphatic carbocycles. The number of nitrogens with zero attached hydrogens (tertiary/aromatic N) is 1. The van der Waals surface area contributed by atoms with Gasteiger partial charge >= 0.3 is 0 Å². The molecule has 0 aliphatic rings. The summed E-state index contributed by atoms with van der Waals surface area (Å²) in [5.41, 5.74) is 0.287. The van der Waals surface area contributed by atoms with Crippen molar-refractivity contribution in [1.82, 2.24) is 5.32 Å². The molecule has 92 valence electrons. The van der Waals surface area contributed by atoms with Crippen molar-refractivity contribution < 1.29 is 9.50 Å². The van der Waals surface area contributed by atoms with Gasteiger partial charge in [-0.3, -0.25) is 0 Å². The molecule has 1 rings (SSSR count). The molecule has 4 heteroatoms. The van der Waals surface area contributed by atoms with Crippen LogP contribution in [0.3, 0.4) is 0 Å². The van der Waals surface area contributed by atoms with Gasteiger partial charge in [0.15, 0.2) is 0 Å². The van der Waals surface area contributed by atoms with Crippen molar-refractivity contribution in [1.29, 1.82) is 5.26 Å². The summed E-state index contributed by atoms with van der Waals surface area (Å²) in [4.78, 5) is 0. The molecule has 0 aromatic heterocycles. The Morgan fingerprint density at radius 2 is 2.24 bits per heavy atom. The number of benzene rings is 1. The van der Waals surface area contributed by atoms with Crippen LogP contribution in [0.2, 0.25) is 0 Å². The van der Waals surface area contributed by atoms with Gasteiger partial charge in [-0.05, 0) is 37.1 Å². The molecule has 3 nitrogen and oxygen atoms in total. The first kappa shape index (κ1) is 13.6. The molecule has 1 unspecified atom stereocenters. The number of halogens is 1. The minimum Gasteiger partial charge on any atom is -0.389 e. The summed E-state index contributed by atoms with van der Waals surface area (Å²) in [6, 6.07) is 6.09. The second kappa shape index (κ2) is 5.76. The highest BCUT2D eigenvalue weighted by Crippen LogP contribution is 2.11. The number of aliphatic hydroxyl groups is 1. The van der Waals surface area contributed by atoms with Gasteiger partial charge in [-0.2, -0.15) is 5.26 Å². The second-order valence-electron chi connectivity index (χ2n) is 4.37. The van der Waals surface area contributed by atoms with Gasteiger partial charge in [0.2, 0.25) is 0 Å². The maximum Gasteiger partial charge on any atom is 0.123 e. The van der Waals surface area contributed by atoms with Crippen molar-refractivity contribution in [2.24, 2.45) is 0 Å². The van der Waals surface area contributed by atoms with Crippen molar-refractivity contribution in [3.8, 4) is 6.07 Å². The lowest BCUT2D eigenvalue weighted by Crippen LogP contribution is -2.36. The Hall–Kier alpha value is -1.44. The number of hydrogen-bond donors (Lipinski definition) is 2. The zero-order chi connectivity index (χ0) is 12.9. The first-order valence-electron chi connectivity index (χ1n) is 5.60. The van der Waals surface area contributed by atoms with Crippen LogP contribution in [0.1, 0.15) is 31.4 Å². The highest BCUT2D eigenvalue weighted by Gasteiger charge is 2.16. The standard InChI is InChI=1S/C13H17FN2O/c1-3-13(2,17)9-16-8-11-6-12(14)5-4-10(11)7-15/h4-6,16-17H,3,8-9H2,1-2H3. The van der Waals surface area contributed by atoms with Gasteiger partial charge < -0.3 is 10.4 Å². The molecule has 0 spiro atoms. The third-order valence-corrected chi connectivity index (χ3v) is 2.77. The summed E-state index contributed by atoms with van der Waals surface area (Å²) in [7, 11) is 0. The second-order valence-corrected chi connectivity index (χ2v) is 4.37. The van der Waals surface area contributed by atoms with Crippen LogP contribution < -0.4 is 5.32 Å². The Morgan fingerprint density at radius 3 is 2.82 bits per heavy atom. The summed E-state index contributed by atoms with van der Waals surface area (Å²) in [5.74, 6) is -0.358. The summed E-state index contributed by atoms with van der Waals surface area (Å²) in [6.07, 6.45) is 0.633. The van der Waals surface area contributed by atoms with Crippen LogP contribution in [0.5, 0.6) is 0 Å². The van der Waals surface area contributed by atoms with Crippen molar-refractivity contribution in [3.63, 3.8) is 0 Å². The molecular formula is C13H17FN2O. The Labute approximate surface area is 101 Å².